The molecule has 0 atom stereocenters. The maximum atomic E-state index is 12.2. The average molecular weight is 303 g/mol. The van der Waals surface area contributed by atoms with Crippen molar-refractivity contribution in [3.8, 4) is 0 Å². The first kappa shape index (κ1) is 16.5. The summed E-state index contributed by atoms with van der Waals surface area (Å²) in [6.45, 7) is 6.86. The summed E-state index contributed by atoms with van der Waals surface area (Å²) in [5.74, 6) is 0. The smallest absolute Gasteiger partial charge is 0.410 e. The van der Waals surface area contributed by atoms with Gasteiger partial charge in [0.05, 0.1) is 0 Å². The van der Waals surface area contributed by atoms with Crippen molar-refractivity contribution in [1.82, 2.24) is 4.90 Å². The normalized spacial score (nSPS) is 17.9. The molecule has 1 aromatic rings. The summed E-state index contributed by atoms with van der Waals surface area (Å²) >= 11 is 0. The van der Waals surface area contributed by atoms with Crippen LogP contribution in [-0.4, -0.2) is 36.0 Å². The van der Waals surface area contributed by atoms with Crippen LogP contribution in [0.1, 0.15) is 45.6 Å². The molecule has 0 aliphatic carbocycles. The topological polar surface area (TPSA) is 46.6 Å². The number of hydrogen-bond acceptors (Lipinski definition) is 3. The van der Waals surface area contributed by atoms with Gasteiger partial charge in [0, 0.05) is 24.9 Å². The van der Waals surface area contributed by atoms with Crippen LogP contribution in [0.5, 0.6) is 0 Å². The number of carbonyl (C=O) groups is 2. The predicted octanol–water partition coefficient (Wildman–Crippen LogP) is 3.54. The highest BCUT2D eigenvalue weighted by Crippen LogP contribution is 2.38. The fourth-order valence-corrected chi connectivity index (χ4v) is 3.01. The lowest BCUT2D eigenvalue weighted by Gasteiger charge is -2.41. The zero-order valence-electron chi connectivity index (χ0n) is 13.7. The lowest BCUT2D eigenvalue weighted by atomic mass is 9.71. The Labute approximate surface area is 132 Å². The number of likely N-dealkylation sites (tertiary alicyclic amines) is 1. The highest BCUT2D eigenvalue weighted by Gasteiger charge is 2.38. The van der Waals surface area contributed by atoms with E-state index in [0.29, 0.717) is 19.5 Å². The van der Waals surface area contributed by atoms with Gasteiger partial charge in [-0.2, -0.15) is 0 Å². The van der Waals surface area contributed by atoms with Crippen LogP contribution >= 0.6 is 0 Å². The molecule has 0 aromatic heterocycles. The molecule has 0 saturated carbocycles. The summed E-state index contributed by atoms with van der Waals surface area (Å²) in [6.07, 6.45) is 2.81. The Bertz CT molecular complexity index is 511. The predicted molar refractivity (Wildman–Crippen MR) is 85.8 cm³/mol. The molecule has 120 valence electrons. The Morgan fingerprint density at radius 1 is 1.23 bits per heavy atom. The van der Waals surface area contributed by atoms with E-state index in [1.165, 1.54) is 5.56 Å². The Kier molecular flexibility index (Phi) is 4.89. The molecule has 1 amide bonds. The number of aldehydes is 1. The molecule has 0 bridgehead atoms. The Hall–Kier alpha value is -1.84. The summed E-state index contributed by atoms with van der Waals surface area (Å²) in [7, 11) is 0. The van der Waals surface area contributed by atoms with Crippen LogP contribution < -0.4 is 0 Å². The number of ether oxygens (including phenoxy) is 1. The summed E-state index contributed by atoms with van der Waals surface area (Å²) in [6, 6.07) is 10.1. The zero-order valence-corrected chi connectivity index (χ0v) is 13.7. The van der Waals surface area contributed by atoms with Crippen molar-refractivity contribution >= 4 is 12.4 Å². The van der Waals surface area contributed by atoms with Crippen molar-refractivity contribution in [2.75, 3.05) is 13.1 Å². The molecule has 1 aliphatic rings. The van der Waals surface area contributed by atoms with E-state index in [9.17, 15) is 9.59 Å². The highest BCUT2D eigenvalue weighted by molar-refractivity contribution is 5.68. The van der Waals surface area contributed by atoms with Crippen LogP contribution in [0.4, 0.5) is 4.79 Å². The van der Waals surface area contributed by atoms with Crippen molar-refractivity contribution in [2.45, 2.75) is 51.0 Å². The minimum absolute atomic E-state index is 0.151. The van der Waals surface area contributed by atoms with E-state index in [-0.39, 0.29) is 11.5 Å². The Morgan fingerprint density at radius 3 is 2.32 bits per heavy atom. The number of hydrogen-bond donors (Lipinski definition) is 0. The lowest BCUT2D eigenvalue weighted by molar-refractivity contribution is -0.109. The second-order valence-electron chi connectivity index (χ2n) is 6.98. The molecule has 0 radical (unpaired) electrons. The Morgan fingerprint density at radius 2 is 1.82 bits per heavy atom. The summed E-state index contributed by atoms with van der Waals surface area (Å²) < 4.78 is 5.43. The van der Waals surface area contributed by atoms with Gasteiger partial charge >= 0.3 is 6.09 Å². The minimum Gasteiger partial charge on any atom is -0.444 e. The van der Waals surface area contributed by atoms with Gasteiger partial charge in [0.1, 0.15) is 11.9 Å². The molecular formula is C18H25NO3. The number of piperidine rings is 1. The second kappa shape index (κ2) is 6.51. The summed E-state index contributed by atoms with van der Waals surface area (Å²) in [5.41, 5.74) is 0.556. The van der Waals surface area contributed by atoms with E-state index in [4.69, 9.17) is 4.74 Å². The van der Waals surface area contributed by atoms with E-state index in [1.54, 1.807) is 4.90 Å². The number of benzene rings is 1. The quantitative estimate of drug-likeness (QED) is 0.802. The molecule has 22 heavy (non-hydrogen) atoms. The van der Waals surface area contributed by atoms with Crippen LogP contribution in [0.25, 0.3) is 0 Å². The van der Waals surface area contributed by atoms with Crippen molar-refractivity contribution < 1.29 is 14.3 Å². The van der Waals surface area contributed by atoms with E-state index in [0.717, 1.165) is 19.1 Å². The third-order valence-electron chi connectivity index (χ3n) is 4.23. The van der Waals surface area contributed by atoms with Crippen molar-refractivity contribution in [2.24, 2.45) is 0 Å². The van der Waals surface area contributed by atoms with Gasteiger partial charge in [-0.3, -0.25) is 0 Å². The van der Waals surface area contributed by atoms with Gasteiger partial charge in [0.15, 0.2) is 0 Å². The monoisotopic (exact) mass is 303 g/mol. The van der Waals surface area contributed by atoms with Gasteiger partial charge < -0.3 is 14.4 Å². The van der Waals surface area contributed by atoms with Crippen LogP contribution in [0.15, 0.2) is 30.3 Å². The van der Waals surface area contributed by atoms with Gasteiger partial charge in [-0.25, -0.2) is 4.79 Å². The van der Waals surface area contributed by atoms with Gasteiger partial charge in [-0.05, 0) is 39.2 Å². The second-order valence-corrected chi connectivity index (χ2v) is 6.98. The maximum Gasteiger partial charge on any atom is 0.410 e. The van der Waals surface area contributed by atoms with Crippen LogP contribution in [-0.2, 0) is 14.9 Å². The van der Waals surface area contributed by atoms with Gasteiger partial charge in [0.25, 0.3) is 0 Å². The fraction of sp³-hybridized carbons (Fsp3) is 0.556. The molecule has 0 unspecified atom stereocenters. The highest BCUT2D eigenvalue weighted by atomic mass is 16.6. The van der Waals surface area contributed by atoms with E-state index in [1.807, 2.05) is 39.0 Å². The molecule has 0 N–H and O–H groups in total. The first-order valence-corrected chi connectivity index (χ1v) is 7.83. The molecule has 0 spiro atoms. The summed E-state index contributed by atoms with van der Waals surface area (Å²) in [4.78, 5) is 25.0. The fourth-order valence-electron chi connectivity index (χ4n) is 3.01. The molecule has 4 heteroatoms. The van der Waals surface area contributed by atoms with Crippen molar-refractivity contribution in [3.63, 3.8) is 0 Å². The van der Waals surface area contributed by atoms with Crippen LogP contribution in [0.3, 0.4) is 0 Å². The minimum atomic E-state index is -0.478. The van der Waals surface area contributed by atoms with E-state index < -0.39 is 5.60 Å². The van der Waals surface area contributed by atoms with Crippen molar-refractivity contribution in [1.29, 1.82) is 0 Å². The average Bonchev–Trinajstić information content (AvgIpc) is 2.47. The molecule has 2 rings (SSSR count). The van der Waals surface area contributed by atoms with Crippen LogP contribution in [0, 0.1) is 0 Å². The third-order valence-corrected chi connectivity index (χ3v) is 4.23. The number of nitrogens with zero attached hydrogens (tertiary/aromatic N) is 1. The standard InChI is InChI=1S/C18H25NO3/c1-17(2,3)22-16(21)19-12-9-18(10-13-19,11-14-20)15-7-5-4-6-8-15/h4-8,14H,9-13H2,1-3H3. The van der Waals surface area contributed by atoms with E-state index >= 15 is 0 Å². The molecule has 1 aromatic carbocycles. The molecule has 1 heterocycles. The zero-order chi connectivity index (χ0) is 16.2. The first-order chi connectivity index (χ1) is 10.4. The molecule has 4 nitrogen and oxygen atoms in total. The van der Waals surface area contributed by atoms with Gasteiger partial charge in [0.2, 0.25) is 0 Å². The molecule has 1 aliphatic heterocycles. The van der Waals surface area contributed by atoms with E-state index in [2.05, 4.69) is 12.1 Å². The summed E-state index contributed by atoms with van der Waals surface area (Å²) in [5, 5.41) is 0. The van der Waals surface area contributed by atoms with Gasteiger partial charge in [-0.1, -0.05) is 30.3 Å². The Balaban J connectivity index is 2.07. The molecule has 1 saturated heterocycles. The molecule has 1 fully saturated rings. The SMILES string of the molecule is CC(C)(C)OC(=O)N1CCC(CC=O)(c2ccccc2)CC1. The largest absolute Gasteiger partial charge is 0.444 e. The number of amides is 1. The maximum absolute atomic E-state index is 12.2. The van der Waals surface area contributed by atoms with Crippen molar-refractivity contribution in [3.05, 3.63) is 35.9 Å². The lowest BCUT2D eigenvalue weighted by Crippen LogP contribution is -2.47. The van der Waals surface area contributed by atoms with Crippen LogP contribution in [0.2, 0.25) is 0 Å². The van der Waals surface area contributed by atoms with Gasteiger partial charge in [-0.15, -0.1) is 0 Å². The third kappa shape index (κ3) is 3.87. The number of carbonyl (C=O) groups excluding carboxylic acids is 2. The first-order valence-electron chi connectivity index (χ1n) is 7.83. The number of rotatable bonds is 3. The molecular weight excluding hydrogens is 278 g/mol.